The van der Waals surface area contributed by atoms with Crippen LogP contribution in [0, 0.1) is 0 Å². The van der Waals surface area contributed by atoms with E-state index in [1.165, 1.54) is 6.21 Å². The first-order chi connectivity index (χ1) is 17.4. The Morgan fingerprint density at radius 2 is 1.61 bits per heavy atom. The lowest BCUT2D eigenvalue weighted by atomic mass is 10.2. The SMILES string of the molecule is CCOC(=O)COc1c(Br)cc(C=NNC(=O)CCC(=O)Nc2ccc(OCC)cc2)cc1OCC. The maximum Gasteiger partial charge on any atom is 0.344 e. The van der Waals surface area contributed by atoms with Gasteiger partial charge < -0.3 is 24.3 Å². The van der Waals surface area contributed by atoms with Gasteiger partial charge in [0.05, 0.1) is 30.5 Å². The second kappa shape index (κ2) is 15.4. The molecule has 0 heterocycles. The van der Waals surface area contributed by atoms with Crippen molar-refractivity contribution in [3.05, 3.63) is 46.4 Å². The van der Waals surface area contributed by atoms with Crippen LogP contribution in [0.15, 0.2) is 46.0 Å². The number of carbonyl (C=O) groups is 3. The first-order valence-electron chi connectivity index (χ1n) is 11.5. The van der Waals surface area contributed by atoms with Crippen molar-refractivity contribution in [2.45, 2.75) is 33.6 Å². The van der Waals surface area contributed by atoms with Gasteiger partial charge in [-0.25, -0.2) is 10.2 Å². The molecule has 0 aliphatic heterocycles. The van der Waals surface area contributed by atoms with E-state index < -0.39 is 11.9 Å². The fourth-order valence-corrected chi connectivity index (χ4v) is 3.46. The highest BCUT2D eigenvalue weighted by atomic mass is 79.9. The van der Waals surface area contributed by atoms with Gasteiger partial charge in [-0.1, -0.05) is 0 Å². The quantitative estimate of drug-likeness (QED) is 0.202. The Hall–Kier alpha value is -3.60. The number of hydrogen-bond donors (Lipinski definition) is 2. The van der Waals surface area contributed by atoms with Crippen LogP contribution in [-0.2, 0) is 19.1 Å². The molecule has 0 unspecified atom stereocenters. The standard InChI is InChI=1S/C25H30BrN3O7/c1-4-33-19-9-7-18(8-10-19)28-22(30)11-12-23(31)29-27-15-17-13-20(26)25(21(14-17)34-5-2)36-16-24(32)35-6-3/h7-10,13-15H,4-6,11-12,16H2,1-3H3,(H,28,30)(H,29,31). The molecule has 0 fully saturated rings. The van der Waals surface area contributed by atoms with Crippen molar-refractivity contribution < 1.29 is 33.3 Å². The molecule has 36 heavy (non-hydrogen) atoms. The third-order valence-electron chi connectivity index (χ3n) is 4.40. The van der Waals surface area contributed by atoms with Gasteiger partial charge in [0.15, 0.2) is 18.1 Å². The topological polar surface area (TPSA) is 125 Å². The molecule has 194 valence electrons. The van der Waals surface area contributed by atoms with E-state index in [1.807, 2.05) is 13.8 Å². The molecule has 2 aromatic rings. The number of amides is 2. The van der Waals surface area contributed by atoms with Crippen molar-refractivity contribution in [3.8, 4) is 17.2 Å². The summed E-state index contributed by atoms with van der Waals surface area (Å²) < 4.78 is 21.9. The molecule has 0 saturated carbocycles. The maximum absolute atomic E-state index is 12.1. The molecule has 2 aromatic carbocycles. The van der Waals surface area contributed by atoms with Crippen molar-refractivity contribution in [1.82, 2.24) is 5.43 Å². The van der Waals surface area contributed by atoms with Crippen molar-refractivity contribution in [3.63, 3.8) is 0 Å². The molecule has 0 bridgehead atoms. The van der Waals surface area contributed by atoms with Gasteiger partial charge in [0.2, 0.25) is 11.8 Å². The molecule has 0 saturated heterocycles. The number of benzene rings is 2. The van der Waals surface area contributed by atoms with Gasteiger partial charge in [0.1, 0.15) is 5.75 Å². The minimum absolute atomic E-state index is 0.00109. The average molecular weight is 564 g/mol. The average Bonchev–Trinajstić information content (AvgIpc) is 2.84. The monoisotopic (exact) mass is 563 g/mol. The first kappa shape index (κ1) is 28.6. The number of anilines is 1. The number of nitrogens with zero attached hydrogens (tertiary/aromatic N) is 1. The number of halogens is 1. The van der Waals surface area contributed by atoms with Crippen LogP contribution in [0.4, 0.5) is 5.69 Å². The van der Waals surface area contributed by atoms with Gasteiger partial charge in [0.25, 0.3) is 0 Å². The Bertz CT molecular complexity index is 1060. The summed E-state index contributed by atoms with van der Waals surface area (Å²) in [5.41, 5.74) is 3.63. The molecule has 2 amide bonds. The second-order valence-electron chi connectivity index (χ2n) is 7.16. The molecule has 0 aromatic heterocycles. The van der Waals surface area contributed by atoms with E-state index in [0.29, 0.717) is 46.2 Å². The van der Waals surface area contributed by atoms with Crippen LogP contribution in [0.2, 0.25) is 0 Å². The van der Waals surface area contributed by atoms with Gasteiger partial charge in [-0.05, 0) is 78.7 Å². The van der Waals surface area contributed by atoms with E-state index in [1.54, 1.807) is 43.3 Å². The Balaban J connectivity index is 1.87. The largest absolute Gasteiger partial charge is 0.494 e. The van der Waals surface area contributed by atoms with Crippen molar-refractivity contribution in [1.29, 1.82) is 0 Å². The molecule has 0 aliphatic carbocycles. The van der Waals surface area contributed by atoms with Gasteiger partial charge in [-0.15, -0.1) is 0 Å². The van der Waals surface area contributed by atoms with E-state index in [0.717, 1.165) is 0 Å². The lowest BCUT2D eigenvalue weighted by molar-refractivity contribution is -0.145. The summed E-state index contributed by atoms with van der Waals surface area (Å²) >= 11 is 3.40. The van der Waals surface area contributed by atoms with Crippen LogP contribution in [0.5, 0.6) is 17.2 Å². The number of carbonyl (C=O) groups excluding carboxylic acids is 3. The highest BCUT2D eigenvalue weighted by Crippen LogP contribution is 2.36. The highest BCUT2D eigenvalue weighted by molar-refractivity contribution is 9.10. The van der Waals surface area contributed by atoms with Gasteiger partial charge in [0, 0.05) is 18.5 Å². The van der Waals surface area contributed by atoms with Crippen molar-refractivity contribution >= 4 is 45.6 Å². The Labute approximate surface area is 218 Å². The molecular weight excluding hydrogens is 534 g/mol. The zero-order valence-corrected chi connectivity index (χ0v) is 22.1. The summed E-state index contributed by atoms with van der Waals surface area (Å²) in [6.07, 6.45) is 1.40. The Kier molecular flexibility index (Phi) is 12.3. The van der Waals surface area contributed by atoms with Crippen molar-refractivity contribution in [2.24, 2.45) is 5.10 Å². The molecule has 0 radical (unpaired) electrons. The maximum atomic E-state index is 12.1. The molecule has 0 atom stereocenters. The van der Waals surface area contributed by atoms with Crippen LogP contribution >= 0.6 is 15.9 Å². The fourth-order valence-electron chi connectivity index (χ4n) is 2.89. The lowest BCUT2D eigenvalue weighted by Crippen LogP contribution is -2.20. The minimum atomic E-state index is -0.492. The number of ether oxygens (including phenoxy) is 4. The zero-order valence-electron chi connectivity index (χ0n) is 20.5. The second-order valence-corrected chi connectivity index (χ2v) is 8.01. The summed E-state index contributed by atoms with van der Waals surface area (Å²) in [6.45, 7) is 6.35. The summed E-state index contributed by atoms with van der Waals surface area (Å²) in [5.74, 6) is 0.272. The van der Waals surface area contributed by atoms with E-state index in [2.05, 4.69) is 31.8 Å². The number of esters is 1. The normalized spacial score (nSPS) is 10.6. The molecule has 2 rings (SSSR count). The van der Waals surface area contributed by atoms with Gasteiger partial charge in [-0.3, -0.25) is 9.59 Å². The number of hydrazone groups is 1. The van der Waals surface area contributed by atoms with E-state index >= 15 is 0 Å². The Morgan fingerprint density at radius 3 is 2.28 bits per heavy atom. The Morgan fingerprint density at radius 1 is 0.917 bits per heavy atom. The molecule has 10 nitrogen and oxygen atoms in total. The van der Waals surface area contributed by atoms with Gasteiger partial charge in [-0.2, -0.15) is 5.10 Å². The number of nitrogens with one attached hydrogen (secondary N) is 2. The summed E-state index contributed by atoms with van der Waals surface area (Å²) in [6, 6.07) is 10.3. The van der Waals surface area contributed by atoms with Gasteiger partial charge >= 0.3 is 5.97 Å². The van der Waals surface area contributed by atoms with Crippen LogP contribution < -0.4 is 25.0 Å². The van der Waals surface area contributed by atoms with Crippen LogP contribution in [-0.4, -0.2) is 50.4 Å². The van der Waals surface area contributed by atoms with E-state index in [9.17, 15) is 14.4 Å². The van der Waals surface area contributed by atoms with Crippen LogP contribution in [0.25, 0.3) is 0 Å². The fraction of sp³-hybridized carbons (Fsp3) is 0.360. The molecule has 0 spiro atoms. The molecule has 2 N–H and O–H groups in total. The smallest absolute Gasteiger partial charge is 0.344 e. The van der Waals surface area contributed by atoms with Crippen LogP contribution in [0.1, 0.15) is 39.2 Å². The third-order valence-corrected chi connectivity index (χ3v) is 4.99. The summed E-state index contributed by atoms with van der Waals surface area (Å²) in [4.78, 5) is 35.8. The summed E-state index contributed by atoms with van der Waals surface area (Å²) in [5, 5.41) is 6.67. The van der Waals surface area contributed by atoms with E-state index in [-0.39, 0.29) is 32.0 Å². The molecular formula is C25H30BrN3O7. The molecule has 0 aliphatic rings. The molecule has 11 heteroatoms. The summed E-state index contributed by atoms with van der Waals surface area (Å²) in [7, 11) is 0. The predicted octanol–water partition coefficient (Wildman–Crippen LogP) is 4.06. The third kappa shape index (κ3) is 9.95. The minimum Gasteiger partial charge on any atom is -0.494 e. The van der Waals surface area contributed by atoms with Crippen LogP contribution in [0.3, 0.4) is 0 Å². The highest BCUT2D eigenvalue weighted by Gasteiger charge is 2.14. The number of rotatable bonds is 14. The van der Waals surface area contributed by atoms with Crippen molar-refractivity contribution in [2.75, 3.05) is 31.7 Å². The zero-order chi connectivity index (χ0) is 26.3. The predicted molar refractivity (Wildman–Crippen MR) is 139 cm³/mol. The van der Waals surface area contributed by atoms with E-state index in [4.69, 9.17) is 18.9 Å². The first-order valence-corrected chi connectivity index (χ1v) is 12.2. The lowest BCUT2D eigenvalue weighted by Gasteiger charge is -2.14. The number of hydrogen-bond acceptors (Lipinski definition) is 8.